The van der Waals surface area contributed by atoms with E-state index in [4.69, 9.17) is 9.84 Å². The number of benzene rings is 1. The van der Waals surface area contributed by atoms with Gasteiger partial charge in [-0.25, -0.2) is 4.79 Å². The van der Waals surface area contributed by atoms with Crippen LogP contribution in [0.15, 0.2) is 30.9 Å². The van der Waals surface area contributed by atoms with Crippen LogP contribution in [0.4, 0.5) is 5.69 Å². The molecule has 2 N–H and O–H groups in total. The molecule has 0 fully saturated rings. The lowest BCUT2D eigenvalue weighted by molar-refractivity contribution is 0.0693. The van der Waals surface area contributed by atoms with Crippen LogP contribution < -0.4 is 10.1 Å². The number of anilines is 1. The van der Waals surface area contributed by atoms with Crippen molar-refractivity contribution < 1.29 is 14.6 Å². The molecule has 1 rings (SSSR count). The van der Waals surface area contributed by atoms with Gasteiger partial charge < -0.3 is 15.2 Å². The van der Waals surface area contributed by atoms with E-state index < -0.39 is 5.97 Å². The summed E-state index contributed by atoms with van der Waals surface area (Å²) >= 11 is 0. The third kappa shape index (κ3) is 4.66. The second-order valence-corrected chi connectivity index (χ2v) is 4.22. The maximum absolute atomic E-state index is 11.2. The van der Waals surface area contributed by atoms with Crippen molar-refractivity contribution in [3.63, 3.8) is 0 Å². The van der Waals surface area contributed by atoms with Gasteiger partial charge in [-0.1, -0.05) is 38.5 Å². The van der Waals surface area contributed by atoms with Crippen LogP contribution >= 0.6 is 0 Å². The summed E-state index contributed by atoms with van der Waals surface area (Å²) in [6.07, 6.45) is 4.94. The lowest BCUT2D eigenvalue weighted by atomic mass is 10.1. The molecule has 0 amide bonds. The molecule has 0 aliphatic rings. The van der Waals surface area contributed by atoms with Gasteiger partial charge in [0.15, 0.2) is 5.75 Å². The third-order valence-corrected chi connectivity index (χ3v) is 2.69. The summed E-state index contributed by atoms with van der Waals surface area (Å²) in [5.41, 5.74) is 0.889. The van der Waals surface area contributed by atoms with Crippen LogP contribution in [0.1, 0.15) is 36.5 Å². The average molecular weight is 263 g/mol. The smallest absolute Gasteiger partial charge is 0.339 e. The molecule has 0 bridgehead atoms. The zero-order chi connectivity index (χ0) is 14.1. The molecule has 0 aliphatic heterocycles. The predicted molar refractivity (Wildman–Crippen MR) is 77.1 cm³/mol. The van der Waals surface area contributed by atoms with Gasteiger partial charge >= 0.3 is 5.97 Å². The van der Waals surface area contributed by atoms with E-state index in [2.05, 4.69) is 18.8 Å². The normalized spacial score (nSPS) is 9.95. The Labute approximate surface area is 114 Å². The first-order valence-electron chi connectivity index (χ1n) is 6.54. The molecule has 1 aromatic rings. The molecule has 19 heavy (non-hydrogen) atoms. The zero-order valence-corrected chi connectivity index (χ0v) is 11.3. The van der Waals surface area contributed by atoms with Gasteiger partial charge in [0.2, 0.25) is 0 Å². The van der Waals surface area contributed by atoms with Crippen LogP contribution in [-0.4, -0.2) is 24.2 Å². The standard InChI is InChI=1S/C15H21NO3/c1-3-5-6-10-16-13-9-7-8-12(15(17)18)14(13)19-11-4-2/h4,7-9,16H,2-3,5-6,10-11H2,1H3,(H,17,18). The number of carboxylic acids is 1. The van der Waals surface area contributed by atoms with Crippen molar-refractivity contribution in [3.05, 3.63) is 36.4 Å². The number of aromatic carboxylic acids is 1. The summed E-state index contributed by atoms with van der Waals surface area (Å²) in [5, 5.41) is 12.4. The van der Waals surface area contributed by atoms with Gasteiger partial charge in [-0.2, -0.15) is 0 Å². The molecule has 0 unspecified atom stereocenters. The minimum Gasteiger partial charge on any atom is -0.486 e. The second-order valence-electron chi connectivity index (χ2n) is 4.22. The van der Waals surface area contributed by atoms with E-state index in [0.29, 0.717) is 5.75 Å². The topological polar surface area (TPSA) is 58.6 Å². The number of carbonyl (C=O) groups is 1. The van der Waals surface area contributed by atoms with Crippen LogP contribution in [0.2, 0.25) is 0 Å². The molecule has 4 heteroatoms. The number of carboxylic acid groups (broad SMARTS) is 1. The first-order valence-corrected chi connectivity index (χ1v) is 6.54. The van der Waals surface area contributed by atoms with E-state index in [-0.39, 0.29) is 12.2 Å². The Kier molecular flexibility index (Phi) is 6.50. The lowest BCUT2D eigenvalue weighted by Gasteiger charge is -2.14. The first-order chi connectivity index (χ1) is 9.20. The van der Waals surface area contributed by atoms with Crippen molar-refractivity contribution >= 4 is 11.7 Å². The largest absolute Gasteiger partial charge is 0.486 e. The number of hydrogen-bond donors (Lipinski definition) is 2. The molecule has 0 radical (unpaired) electrons. The lowest BCUT2D eigenvalue weighted by Crippen LogP contribution is -2.08. The van der Waals surface area contributed by atoms with Crippen molar-refractivity contribution in [1.82, 2.24) is 0 Å². The van der Waals surface area contributed by atoms with Crippen LogP contribution in [-0.2, 0) is 0 Å². The number of hydrogen-bond acceptors (Lipinski definition) is 3. The summed E-state index contributed by atoms with van der Waals surface area (Å²) in [7, 11) is 0. The van der Waals surface area contributed by atoms with E-state index >= 15 is 0 Å². The Morgan fingerprint density at radius 1 is 1.47 bits per heavy atom. The van der Waals surface area contributed by atoms with Gasteiger partial charge in [0, 0.05) is 6.54 Å². The van der Waals surface area contributed by atoms with Gasteiger partial charge in [-0.3, -0.25) is 0 Å². The minimum absolute atomic E-state index is 0.169. The number of para-hydroxylation sites is 1. The van der Waals surface area contributed by atoms with Gasteiger partial charge in [0.1, 0.15) is 12.2 Å². The number of unbranched alkanes of at least 4 members (excludes halogenated alkanes) is 2. The summed E-state index contributed by atoms with van der Waals surface area (Å²) in [6.45, 7) is 6.81. The molecule has 0 aliphatic carbocycles. The Morgan fingerprint density at radius 3 is 2.89 bits per heavy atom. The van der Waals surface area contributed by atoms with E-state index in [1.807, 2.05) is 6.07 Å². The summed E-state index contributed by atoms with van der Waals surface area (Å²) in [5.74, 6) is -0.609. The Bertz CT molecular complexity index is 429. The Hall–Kier alpha value is -1.97. The Morgan fingerprint density at radius 2 is 2.26 bits per heavy atom. The monoisotopic (exact) mass is 263 g/mol. The fourth-order valence-electron chi connectivity index (χ4n) is 1.74. The molecular formula is C15H21NO3. The van der Waals surface area contributed by atoms with Gasteiger partial charge in [-0.15, -0.1) is 0 Å². The molecule has 0 saturated carbocycles. The fraction of sp³-hybridized carbons (Fsp3) is 0.400. The van der Waals surface area contributed by atoms with Crippen molar-refractivity contribution in [2.24, 2.45) is 0 Å². The van der Waals surface area contributed by atoms with E-state index in [1.54, 1.807) is 12.1 Å². The van der Waals surface area contributed by atoms with E-state index in [0.717, 1.165) is 31.5 Å². The highest BCUT2D eigenvalue weighted by molar-refractivity contribution is 5.93. The molecule has 0 aromatic heterocycles. The van der Waals surface area contributed by atoms with Crippen molar-refractivity contribution in [2.75, 3.05) is 18.5 Å². The molecule has 4 nitrogen and oxygen atoms in total. The van der Waals surface area contributed by atoms with Crippen LogP contribution in [0.5, 0.6) is 5.75 Å². The van der Waals surface area contributed by atoms with Crippen LogP contribution in [0.3, 0.4) is 0 Å². The van der Waals surface area contributed by atoms with E-state index in [1.165, 1.54) is 6.07 Å². The molecule has 104 valence electrons. The van der Waals surface area contributed by atoms with Crippen molar-refractivity contribution in [1.29, 1.82) is 0 Å². The Balaban J connectivity index is 2.84. The maximum atomic E-state index is 11.2. The molecule has 0 atom stereocenters. The van der Waals surface area contributed by atoms with E-state index in [9.17, 15) is 4.79 Å². The summed E-state index contributed by atoms with van der Waals surface area (Å²) < 4.78 is 5.47. The highest BCUT2D eigenvalue weighted by Crippen LogP contribution is 2.29. The minimum atomic E-state index is -0.990. The molecule has 0 spiro atoms. The molecule has 0 heterocycles. The SMILES string of the molecule is C=CCOc1c(NCCCCC)cccc1C(=O)O. The van der Waals surface area contributed by atoms with Gasteiger partial charge in [0.05, 0.1) is 5.69 Å². The summed E-state index contributed by atoms with van der Waals surface area (Å²) in [4.78, 5) is 11.2. The second kappa shape index (κ2) is 8.19. The number of ether oxygens (including phenoxy) is 1. The number of rotatable bonds is 9. The summed E-state index contributed by atoms with van der Waals surface area (Å²) in [6, 6.07) is 5.08. The third-order valence-electron chi connectivity index (χ3n) is 2.69. The fourth-order valence-corrected chi connectivity index (χ4v) is 1.74. The predicted octanol–water partition coefficient (Wildman–Crippen LogP) is 3.55. The average Bonchev–Trinajstić information content (AvgIpc) is 2.41. The molecule has 0 saturated heterocycles. The first kappa shape index (κ1) is 15.1. The van der Waals surface area contributed by atoms with Crippen LogP contribution in [0.25, 0.3) is 0 Å². The van der Waals surface area contributed by atoms with Crippen molar-refractivity contribution in [2.45, 2.75) is 26.2 Å². The van der Waals surface area contributed by atoms with Crippen molar-refractivity contribution in [3.8, 4) is 5.75 Å². The van der Waals surface area contributed by atoms with Crippen LogP contribution in [0, 0.1) is 0 Å². The number of nitrogens with one attached hydrogen (secondary N) is 1. The van der Waals surface area contributed by atoms with Gasteiger partial charge in [-0.05, 0) is 18.6 Å². The van der Waals surface area contributed by atoms with Gasteiger partial charge in [0.25, 0.3) is 0 Å². The highest BCUT2D eigenvalue weighted by Gasteiger charge is 2.14. The maximum Gasteiger partial charge on any atom is 0.339 e. The zero-order valence-electron chi connectivity index (χ0n) is 11.3. The highest BCUT2D eigenvalue weighted by atomic mass is 16.5. The molecular weight excluding hydrogens is 242 g/mol. The molecule has 1 aromatic carbocycles. The quantitative estimate of drug-likeness (QED) is 0.528.